The van der Waals surface area contributed by atoms with Gasteiger partial charge in [0.1, 0.15) is 5.75 Å². The molecule has 0 saturated carbocycles. The number of hydrogen-bond donors (Lipinski definition) is 1. The lowest BCUT2D eigenvalue weighted by molar-refractivity contribution is 0.415. The van der Waals surface area contributed by atoms with E-state index in [1.807, 2.05) is 35.7 Å². The molecule has 0 saturated heterocycles. The van der Waals surface area contributed by atoms with Crippen molar-refractivity contribution in [3.05, 3.63) is 36.2 Å². The maximum Gasteiger partial charge on any atom is 0.189 e. The Morgan fingerprint density at radius 2 is 2.11 bits per heavy atom. The molecule has 6 nitrogen and oxygen atoms in total. The molecule has 0 amide bonds. The molecule has 0 aliphatic heterocycles. The largest absolute Gasteiger partial charge is 0.496 e. The molecule has 0 radical (unpaired) electrons. The summed E-state index contributed by atoms with van der Waals surface area (Å²) in [6, 6.07) is 5.83. The third-order valence-corrected chi connectivity index (χ3v) is 3.03. The Morgan fingerprint density at radius 3 is 2.89 bits per heavy atom. The van der Waals surface area contributed by atoms with Crippen LogP contribution < -0.4 is 10.5 Å². The number of nitrogens with two attached hydrogens (primary N) is 1. The van der Waals surface area contributed by atoms with E-state index in [0.29, 0.717) is 17.3 Å². The molecule has 0 atom stereocenters. The zero-order valence-corrected chi connectivity index (χ0v) is 10.7. The van der Waals surface area contributed by atoms with Gasteiger partial charge in [0.05, 0.1) is 12.7 Å². The summed E-state index contributed by atoms with van der Waals surface area (Å²) in [5, 5.41) is 8.15. The number of ether oxygens (including phenoxy) is 1. The minimum atomic E-state index is 0.307. The van der Waals surface area contributed by atoms with Crippen molar-refractivity contribution in [2.24, 2.45) is 0 Å². The van der Waals surface area contributed by atoms with Gasteiger partial charge in [-0.25, -0.2) is 4.98 Å². The smallest absolute Gasteiger partial charge is 0.189 e. The average Bonchev–Trinajstić information content (AvgIpc) is 2.90. The van der Waals surface area contributed by atoms with Crippen molar-refractivity contribution >= 4 is 11.5 Å². The molecule has 2 heterocycles. The third-order valence-electron chi connectivity index (χ3n) is 3.03. The second kappa shape index (κ2) is 4.24. The van der Waals surface area contributed by atoms with Crippen molar-refractivity contribution in [1.29, 1.82) is 0 Å². The van der Waals surface area contributed by atoms with Gasteiger partial charge >= 0.3 is 0 Å². The first-order valence-electron chi connectivity index (χ1n) is 5.81. The number of nitrogen functional groups attached to an aromatic ring is 1. The fourth-order valence-corrected chi connectivity index (χ4v) is 2.13. The SMILES string of the molecule is COc1cccc(C)c1-c1nnc(N)c2nccn12. The number of fused-ring (bicyclic) bond motifs is 1. The number of methoxy groups -OCH3 is 1. The molecule has 0 aliphatic rings. The molecule has 0 aliphatic carbocycles. The summed E-state index contributed by atoms with van der Waals surface area (Å²) in [6.45, 7) is 2.00. The maximum atomic E-state index is 5.77. The summed E-state index contributed by atoms with van der Waals surface area (Å²) >= 11 is 0. The fourth-order valence-electron chi connectivity index (χ4n) is 2.13. The van der Waals surface area contributed by atoms with Crippen molar-refractivity contribution in [3.63, 3.8) is 0 Å². The summed E-state index contributed by atoms with van der Waals surface area (Å²) in [7, 11) is 1.63. The van der Waals surface area contributed by atoms with Crippen LogP contribution in [0.15, 0.2) is 30.6 Å². The Morgan fingerprint density at radius 1 is 1.26 bits per heavy atom. The van der Waals surface area contributed by atoms with Crippen LogP contribution in [0.5, 0.6) is 5.75 Å². The second-order valence-electron chi connectivity index (χ2n) is 4.18. The lowest BCUT2D eigenvalue weighted by atomic mass is 10.1. The minimum absolute atomic E-state index is 0.307. The Balaban J connectivity index is 2.37. The first-order valence-corrected chi connectivity index (χ1v) is 5.81. The number of aromatic nitrogens is 4. The van der Waals surface area contributed by atoms with Crippen LogP contribution in [0.25, 0.3) is 17.0 Å². The van der Waals surface area contributed by atoms with Crippen LogP contribution in [-0.4, -0.2) is 26.7 Å². The Hall–Kier alpha value is -2.63. The van der Waals surface area contributed by atoms with E-state index in [1.165, 1.54) is 0 Å². The van der Waals surface area contributed by atoms with E-state index in [4.69, 9.17) is 10.5 Å². The first kappa shape index (κ1) is 11.5. The molecular formula is C13H13N5O. The lowest BCUT2D eigenvalue weighted by Gasteiger charge is -2.12. The molecule has 3 aromatic rings. The number of anilines is 1. The number of aryl methyl sites for hydroxylation is 1. The van der Waals surface area contributed by atoms with E-state index in [2.05, 4.69) is 15.2 Å². The number of nitrogens with zero attached hydrogens (tertiary/aromatic N) is 4. The Kier molecular flexibility index (Phi) is 2.56. The van der Waals surface area contributed by atoms with Crippen LogP contribution in [0.4, 0.5) is 5.82 Å². The molecule has 3 rings (SSSR count). The molecule has 1 aromatic carbocycles. The molecular weight excluding hydrogens is 242 g/mol. The third kappa shape index (κ3) is 1.69. The Labute approximate surface area is 109 Å². The predicted molar refractivity (Wildman–Crippen MR) is 71.9 cm³/mol. The van der Waals surface area contributed by atoms with Crippen LogP contribution in [0.3, 0.4) is 0 Å². The molecule has 2 N–H and O–H groups in total. The quantitative estimate of drug-likeness (QED) is 0.753. The van der Waals surface area contributed by atoms with Crippen molar-refractivity contribution in [1.82, 2.24) is 19.6 Å². The monoisotopic (exact) mass is 255 g/mol. The van der Waals surface area contributed by atoms with Gasteiger partial charge in [-0.15, -0.1) is 10.2 Å². The lowest BCUT2D eigenvalue weighted by Crippen LogP contribution is -2.05. The van der Waals surface area contributed by atoms with E-state index < -0.39 is 0 Å². The van der Waals surface area contributed by atoms with Gasteiger partial charge in [0.2, 0.25) is 0 Å². The zero-order chi connectivity index (χ0) is 13.4. The van der Waals surface area contributed by atoms with Gasteiger partial charge in [0, 0.05) is 12.4 Å². The van der Waals surface area contributed by atoms with E-state index in [1.54, 1.807) is 13.3 Å². The van der Waals surface area contributed by atoms with Gasteiger partial charge in [-0.2, -0.15) is 0 Å². The topological polar surface area (TPSA) is 78.3 Å². The minimum Gasteiger partial charge on any atom is -0.496 e. The first-order chi connectivity index (χ1) is 9.22. The highest BCUT2D eigenvalue weighted by atomic mass is 16.5. The predicted octanol–water partition coefficient (Wildman–Crippen LogP) is 1.69. The molecule has 19 heavy (non-hydrogen) atoms. The van der Waals surface area contributed by atoms with Crippen LogP contribution >= 0.6 is 0 Å². The number of imidazole rings is 1. The second-order valence-corrected chi connectivity index (χ2v) is 4.18. The van der Waals surface area contributed by atoms with E-state index in [-0.39, 0.29) is 0 Å². The molecule has 0 fully saturated rings. The van der Waals surface area contributed by atoms with E-state index in [9.17, 15) is 0 Å². The highest BCUT2D eigenvalue weighted by Gasteiger charge is 2.15. The van der Waals surface area contributed by atoms with Crippen molar-refractivity contribution < 1.29 is 4.74 Å². The van der Waals surface area contributed by atoms with Crippen LogP contribution in [0, 0.1) is 6.92 Å². The summed E-state index contributed by atoms with van der Waals surface area (Å²) in [6.07, 6.45) is 3.48. The Bertz CT molecular complexity index is 750. The van der Waals surface area contributed by atoms with Gasteiger partial charge in [-0.05, 0) is 18.6 Å². The number of rotatable bonds is 2. The van der Waals surface area contributed by atoms with Gasteiger partial charge in [-0.3, -0.25) is 4.40 Å². The molecule has 0 spiro atoms. The van der Waals surface area contributed by atoms with E-state index >= 15 is 0 Å². The molecule has 0 unspecified atom stereocenters. The summed E-state index contributed by atoms with van der Waals surface area (Å²) < 4.78 is 7.22. The molecule has 0 bridgehead atoms. The number of benzene rings is 1. The van der Waals surface area contributed by atoms with Crippen LogP contribution in [0.2, 0.25) is 0 Å². The maximum absolute atomic E-state index is 5.77. The van der Waals surface area contributed by atoms with Crippen molar-refractivity contribution in [2.45, 2.75) is 6.92 Å². The highest BCUT2D eigenvalue weighted by Crippen LogP contribution is 2.32. The molecule has 2 aromatic heterocycles. The number of hydrogen-bond acceptors (Lipinski definition) is 5. The van der Waals surface area contributed by atoms with E-state index in [0.717, 1.165) is 16.9 Å². The normalized spacial score (nSPS) is 10.8. The molecule has 96 valence electrons. The highest BCUT2D eigenvalue weighted by molar-refractivity contribution is 5.72. The van der Waals surface area contributed by atoms with Gasteiger partial charge in [0.15, 0.2) is 17.3 Å². The summed E-state index contributed by atoms with van der Waals surface area (Å²) in [5.41, 5.74) is 8.30. The summed E-state index contributed by atoms with van der Waals surface area (Å²) in [5.74, 6) is 1.71. The zero-order valence-electron chi connectivity index (χ0n) is 10.7. The van der Waals surface area contributed by atoms with Crippen LogP contribution in [-0.2, 0) is 0 Å². The van der Waals surface area contributed by atoms with Crippen LogP contribution in [0.1, 0.15) is 5.56 Å². The standard InChI is InChI=1S/C13H13N5O/c1-8-4-3-5-9(19-2)10(8)12-17-16-11(14)13-15-6-7-18(12)13/h3-7H,1-2H3,(H2,14,16). The average molecular weight is 255 g/mol. The molecule has 6 heteroatoms. The van der Waals surface area contributed by atoms with Crippen molar-refractivity contribution in [2.75, 3.05) is 12.8 Å². The summed E-state index contributed by atoms with van der Waals surface area (Å²) in [4.78, 5) is 4.18. The van der Waals surface area contributed by atoms with Crippen molar-refractivity contribution in [3.8, 4) is 17.1 Å². The van der Waals surface area contributed by atoms with Gasteiger partial charge in [0.25, 0.3) is 0 Å². The van der Waals surface area contributed by atoms with Gasteiger partial charge in [-0.1, -0.05) is 12.1 Å². The fraction of sp³-hybridized carbons (Fsp3) is 0.154. The van der Waals surface area contributed by atoms with Gasteiger partial charge < -0.3 is 10.5 Å².